The number of aromatic nitrogens is 2. The van der Waals surface area contributed by atoms with Gasteiger partial charge in [-0.1, -0.05) is 24.3 Å². The Morgan fingerprint density at radius 1 is 1.00 bits per heavy atom. The number of H-pyrrole nitrogens is 1. The van der Waals surface area contributed by atoms with Crippen LogP contribution in [0.25, 0.3) is 10.9 Å². The fourth-order valence-electron chi connectivity index (χ4n) is 5.87. The molecule has 0 radical (unpaired) electrons. The van der Waals surface area contributed by atoms with Crippen LogP contribution in [0.4, 0.5) is 5.69 Å². The molecule has 2 aromatic heterocycles. The van der Waals surface area contributed by atoms with E-state index in [1.54, 1.807) is 36.5 Å². The normalized spacial score (nSPS) is 20.0. The van der Waals surface area contributed by atoms with E-state index in [4.69, 9.17) is 0 Å². The van der Waals surface area contributed by atoms with Gasteiger partial charge in [0.2, 0.25) is 0 Å². The van der Waals surface area contributed by atoms with Crippen LogP contribution in [0.1, 0.15) is 40.0 Å². The van der Waals surface area contributed by atoms with E-state index in [2.05, 4.69) is 10.3 Å². The first-order valence-electron chi connectivity index (χ1n) is 12.1. The number of aliphatic carboxylic acids is 1. The zero-order valence-electron chi connectivity index (χ0n) is 19.6. The number of carbonyl (C=O) groups is 2. The number of carbonyl (C=O) groups excluding carboxylic acids is 1. The maximum atomic E-state index is 12.7. The average Bonchev–Trinajstić information content (AvgIpc) is 3.28. The van der Waals surface area contributed by atoms with Gasteiger partial charge in [0.05, 0.1) is 0 Å². The minimum Gasteiger partial charge on any atom is -0.480 e. The third-order valence-electron chi connectivity index (χ3n) is 7.41. The second kappa shape index (κ2) is 8.80. The number of piperidine rings is 1. The lowest BCUT2D eigenvalue weighted by atomic mass is 9.82. The number of benzene rings is 2. The fraction of sp³-hybridized carbons (Fsp3) is 0.250. The quantitative estimate of drug-likeness (QED) is 0.401. The van der Waals surface area contributed by atoms with Gasteiger partial charge in [-0.25, -0.2) is 0 Å². The van der Waals surface area contributed by atoms with Gasteiger partial charge in [-0.05, 0) is 48.7 Å². The Hall–Kier alpha value is -4.17. The Kier molecular flexibility index (Phi) is 5.45. The molecule has 1 fully saturated rings. The van der Waals surface area contributed by atoms with Crippen molar-refractivity contribution in [2.75, 3.05) is 18.4 Å². The van der Waals surface area contributed by atoms with Gasteiger partial charge in [-0.15, -0.1) is 0 Å². The number of rotatable bonds is 5. The number of anilines is 1. The number of hydrogen-bond donors (Lipinski definition) is 3. The SMILES string of the molecule is O=C(Nc1ccc2[nH]cc([C@@H](C(=O)O)N3C[C@@H]4C[C@@H](C3)c3cccc(=O)n3C4)c2c1)c1ccccc1. The van der Waals surface area contributed by atoms with Crippen LogP contribution in [-0.4, -0.2) is 44.5 Å². The third-order valence-corrected chi connectivity index (χ3v) is 7.41. The Morgan fingerprint density at radius 2 is 1.83 bits per heavy atom. The van der Waals surface area contributed by atoms with Crippen LogP contribution in [-0.2, 0) is 11.3 Å². The van der Waals surface area contributed by atoms with E-state index in [0.29, 0.717) is 36.4 Å². The zero-order chi connectivity index (χ0) is 24.8. The molecule has 1 amide bonds. The molecule has 0 spiro atoms. The summed E-state index contributed by atoms with van der Waals surface area (Å²) in [5.74, 6) is -0.817. The molecule has 2 aromatic carbocycles. The molecule has 0 saturated carbocycles. The Balaban J connectivity index is 1.32. The number of amides is 1. The molecule has 6 rings (SSSR count). The first-order valence-corrected chi connectivity index (χ1v) is 12.1. The Bertz CT molecular complexity index is 1520. The highest BCUT2D eigenvalue weighted by molar-refractivity contribution is 6.05. The molecule has 2 aliphatic rings. The van der Waals surface area contributed by atoms with Gasteiger partial charge in [-0.2, -0.15) is 0 Å². The van der Waals surface area contributed by atoms with E-state index >= 15 is 0 Å². The van der Waals surface area contributed by atoms with Crippen molar-refractivity contribution in [3.63, 3.8) is 0 Å². The molecule has 182 valence electrons. The van der Waals surface area contributed by atoms with Crippen LogP contribution < -0.4 is 10.9 Å². The summed E-state index contributed by atoms with van der Waals surface area (Å²) in [7, 11) is 0. The van der Waals surface area contributed by atoms with Crippen molar-refractivity contribution >= 4 is 28.5 Å². The maximum absolute atomic E-state index is 12.7. The molecule has 2 aliphatic heterocycles. The smallest absolute Gasteiger partial charge is 0.325 e. The second-order valence-corrected chi connectivity index (χ2v) is 9.72. The van der Waals surface area contributed by atoms with Crippen molar-refractivity contribution in [1.82, 2.24) is 14.5 Å². The molecule has 8 heteroatoms. The minimum absolute atomic E-state index is 0.00661. The van der Waals surface area contributed by atoms with Gasteiger partial charge in [-0.3, -0.25) is 19.3 Å². The van der Waals surface area contributed by atoms with Crippen molar-refractivity contribution in [3.05, 3.63) is 100 Å². The van der Waals surface area contributed by atoms with E-state index in [1.165, 1.54) is 0 Å². The van der Waals surface area contributed by atoms with Crippen LogP contribution in [0.5, 0.6) is 0 Å². The third kappa shape index (κ3) is 3.89. The highest BCUT2D eigenvalue weighted by Gasteiger charge is 2.40. The molecule has 4 aromatic rings. The zero-order valence-corrected chi connectivity index (χ0v) is 19.6. The summed E-state index contributed by atoms with van der Waals surface area (Å²) < 4.78 is 1.85. The molecule has 36 heavy (non-hydrogen) atoms. The number of aromatic amines is 1. The van der Waals surface area contributed by atoms with Crippen LogP contribution in [0, 0.1) is 5.92 Å². The summed E-state index contributed by atoms with van der Waals surface area (Å²) >= 11 is 0. The molecule has 3 atom stereocenters. The first kappa shape index (κ1) is 22.3. The van der Waals surface area contributed by atoms with Crippen molar-refractivity contribution in [3.8, 4) is 0 Å². The van der Waals surface area contributed by atoms with Gasteiger partial charge in [0.15, 0.2) is 0 Å². The van der Waals surface area contributed by atoms with E-state index < -0.39 is 12.0 Å². The van der Waals surface area contributed by atoms with Gasteiger partial charge >= 0.3 is 5.97 Å². The van der Waals surface area contributed by atoms with Crippen molar-refractivity contribution < 1.29 is 14.7 Å². The first-order chi connectivity index (χ1) is 17.5. The second-order valence-electron chi connectivity index (χ2n) is 9.72. The summed E-state index contributed by atoms with van der Waals surface area (Å²) in [5.41, 5.74) is 3.62. The molecule has 0 aliphatic carbocycles. The lowest BCUT2D eigenvalue weighted by Crippen LogP contribution is -2.49. The number of pyridine rings is 1. The van der Waals surface area contributed by atoms with E-state index in [1.807, 2.05) is 45.9 Å². The molecule has 3 N–H and O–H groups in total. The highest BCUT2D eigenvalue weighted by atomic mass is 16.4. The van der Waals surface area contributed by atoms with Crippen molar-refractivity contribution in [2.45, 2.75) is 24.9 Å². The molecule has 0 unspecified atom stereocenters. The number of carboxylic acids is 1. The largest absolute Gasteiger partial charge is 0.480 e. The number of hydrogen-bond acceptors (Lipinski definition) is 4. The fourth-order valence-corrected chi connectivity index (χ4v) is 5.87. The van der Waals surface area contributed by atoms with Gasteiger partial charge in [0, 0.05) is 71.2 Å². The van der Waals surface area contributed by atoms with E-state index in [0.717, 1.165) is 23.0 Å². The molecule has 1 saturated heterocycles. The van der Waals surface area contributed by atoms with Gasteiger partial charge in [0.1, 0.15) is 6.04 Å². The molecule has 2 bridgehead atoms. The monoisotopic (exact) mass is 482 g/mol. The average molecular weight is 483 g/mol. The molecule has 4 heterocycles. The number of carboxylic acid groups (broad SMARTS) is 1. The highest BCUT2D eigenvalue weighted by Crippen LogP contribution is 2.40. The molecular formula is C28H26N4O4. The van der Waals surface area contributed by atoms with Crippen molar-refractivity contribution in [1.29, 1.82) is 0 Å². The molecule has 8 nitrogen and oxygen atoms in total. The lowest BCUT2D eigenvalue weighted by Gasteiger charge is -2.44. The Morgan fingerprint density at radius 3 is 2.64 bits per heavy atom. The minimum atomic E-state index is -0.917. The standard InChI is InChI=1S/C28H26N4O4/c33-25-8-4-7-24-19-11-17(15-32(24)25)14-31(16-19)26(28(35)36)22-13-29-23-10-9-20(12-21(22)23)30-27(34)18-5-2-1-3-6-18/h1-10,12-13,17,19,26,29H,11,14-16H2,(H,30,34)(H,35,36)/t17-,19-,26-/m0/s1. The maximum Gasteiger partial charge on any atom is 0.325 e. The summed E-state index contributed by atoms with van der Waals surface area (Å²) in [5, 5.41) is 14.0. The number of nitrogens with zero attached hydrogens (tertiary/aromatic N) is 2. The van der Waals surface area contributed by atoms with Crippen LogP contribution in [0.3, 0.4) is 0 Å². The van der Waals surface area contributed by atoms with Crippen molar-refractivity contribution in [2.24, 2.45) is 5.92 Å². The van der Waals surface area contributed by atoms with E-state index in [-0.39, 0.29) is 23.3 Å². The summed E-state index contributed by atoms with van der Waals surface area (Å²) in [6.45, 7) is 1.78. The molecular weight excluding hydrogens is 456 g/mol. The Labute approximate surface area is 207 Å². The topological polar surface area (TPSA) is 107 Å². The number of likely N-dealkylation sites (tertiary alicyclic amines) is 1. The van der Waals surface area contributed by atoms with Gasteiger partial charge < -0.3 is 20.0 Å². The lowest BCUT2D eigenvalue weighted by molar-refractivity contribution is -0.144. The number of fused-ring (bicyclic) bond motifs is 5. The summed E-state index contributed by atoms with van der Waals surface area (Å²) in [4.78, 5) is 42.9. The van der Waals surface area contributed by atoms with Crippen LogP contribution in [0.15, 0.2) is 77.7 Å². The predicted octanol–water partition coefficient (Wildman–Crippen LogP) is 3.83. The summed E-state index contributed by atoms with van der Waals surface area (Å²) in [6.07, 6.45) is 2.71. The van der Waals surface area contributed by atoms with Gasteiger partial charge in [0.25, 0.3) is 11.5 Å². The summed E-state index contributed by atoms with van der Waals surface area (Å²) in [6, 6.07) is 19.0. The predicted molar refractivity (Wildman–Crippen MR) is 136 cm³/mol. The number of nitrogens with one attached hydrogen (secondary N) is 2. The van der Waals surface area contributed by atoms with E-state index in [9.17, 15) is 19.5 Å². The van der Waals surface area contributed by atoms with Crippen LogP contribution >= 0.6 is 0 Å². The van der Waals surface area contributed by atoms with Crippen LogP contribution in [0.2, 0.25) is 0 Å².